The van der Waals surface area contributed by atoms with Crippen LogP contribution in [0.5, 0.6) is 0 Å². The van der Waals surface area contributed by atoms with Gasteiger partial charge in [0, 0.05) is 6.54 Å². The van der Waals surface area contributed by atoms with Crippen molar-refractivity contribution in [1.29, 1.82) is 0 Å². The Bertz CT molecular complexity index is 757. The summed E-state index contributed by atoms with van der Waals surface area (Å²) in [5, 5.41) is 4.19. The van der Waals surface area contributed by atoms with Gasteiger partial charge in [0.1, 0.15) is 5.69 Å². The summed E-state index contributed by atoms with van der Waals surface area (Å²) >= 11 is 0. The number of ether oxygens (including phenoxy) is 1. The number of rotatable bonds is 5. The second kappa shape index (κ2) is 7.48. The SMILES string of the molecule is C[C@@H]1COCCN1C(=O)CC(=O)c1c(N)cnn1Cc1ccccc1. The van der Waals surface area contributed by atoms with Crippen molar-refractivity contribution in [3.8, 4) is 0 Å². The minimum atomic E-state index is -0.311. The fourth-order valence-electron chi connectivity index (χ4n) is 3.00. The fraction of sp³-hybridized carbons (Fsp3) is 0.389. The maximum Gasteiger partial charge on any atom is 0.230 e. The quantitative estimate of drug-likeness (QED) is 0.654. The van der Waals surface area contributed by atoms with E-state index in [2.05, 4.69) is 5.10 Å². The van der Waals surface area contributed by atoms with Crippen LogP contribution in [0, 0.1) is 0 Å². The minimum Gasteiger partial charge on any atom is -0.396 e. The molecule has 1 aliphatic rings. The Morgan fingerprint density at radius 1 is 1.32 bits per heavy atom. The van der Waals surface area contributed by atoms with Crippen molar-refractivity contribution in [2.45, 2.75) is 25.9 Å². The minimum absolute atomic E-state index is 0.0272. The molecule has 0 spiro atoms. The number of nitrogens with zero attached hydrogens (tertiary/aromatic N) is 3. The fourth-order valence-corrected chi connectivity index (χ4v) is 3.00. The molecule has 25 heavy (non-hydrogen) atoms. The Labute approximate surface area is 146 Å². The van der Waals surface area contributed by atoms with Gasteiger partial charge in [0.15, 0.2) is 5.78 Å². The van der Waals surface area contributed by atoms with E-state index in [4.69, 9.17) is 10.5 Å². The van der Waals surface area contributed by atoms with Gasteiger partial charge in [0.05, 0.1) is 44.1 Å². The molecular weight excluding hydrogens is 320 g/mol. The van der Waals surface area contributed by atoms with Crippen molar-refractivity contribution < 1.29 is 14.3 Å². The molecule has 1 fully saturated rings. The van der Waals surface area contributed by atoms with Crippen molar-refractivity contribution in [2.24, 2.45) is 0 Å². The number of morpholine rings is 1. The second-order valence-corrected chi connectivity index (χ2v) is 6.20. The van der Waals surface area contributed by atoms with Crippen LogP contribution in [0.2, 0.25) is 0 Å². The zero-order valence-electron chi connectivity index (χ0n) is 14.2. The van der Waals surface area contributed by atoms with Gasteiger partial charge in [-0.15, -0.1) is 0 Å². The highest BCUT2D eigenvalue weighted by Gasteiger charge is 2.27. The van der Waals surface area contributed by atoms with E-state index in [9.17, 15) is 9.59 Å². The third-order valence-electron chi connectivity index (χ3n) is 4.31. The monoisotopic (exact) mass is 342 g/mol. The van der Waals surface area contributed by atoms with Gasteiger partial charge < -0.3 is 15.4 Å². The largest absolute Gasteiger partial charge is 0.396 e. The summed E-state index contributed by atoms with van der Waals surface area (Å²) < 4.78 is 6.89. The molecular formula is C18H22N4O3. The van der Waals surface area contributed by atoms with Crippen molar-refractivity contribution >= 4 is 17.4 Å². The predicted molar refractivity (Wildman–Crippen MR) is 93.1 cm³/mol. The highest BCUT2D eigenvalue weighted by Crippen LogP contribution is 2.17. The first-order valence-electron chi connectivity index (χ1n) is 8.32. The molecule has 3 rings (SSSR count). The number of anilines is 1. The number of nitrogen functional groups attached to an aromatic ring is 1. The van der Waals surface area contributed by atoms with E-state index in [1.54, 1.807) is 9.58 Å². The molecule has 7 heteroatoms. The summed E-state index contributed by atoms with van der Waals surface area (Å²) in [7, 11) is 0. The van der Waals surface area contributed by atoms with Crippen LogP contribution < -0.4 is 5.73 Å². The van der Waals surface area contributed by atoms with Crippen molar-refractivity contribution in [3.63, 3.8) is 0 Å². The molecule has 1 aromatic heterocycles. The molecule has 0 unspecified atom stereocenters. The number of hydrogen-bond donors (Lipinski definition) is 1. The zero-order chi connectivity index (χ0) is 17.8. The summed E-state index contributed by atoms with van der Waals surface area (Å²) in [6.45, 7) is 3.84. The van der Waals surface area contributed by atoms with Crippen LogP contribution in [-0.2, 0) is 16.1 Å². The molecule has 2 N–H and O–H groups in total. The van der Waals surface area contributed by atoms with Gasteiger partial charge in [-0.2, -0.15) is 5.10 Å². The number of Topliss-reactive ketones (excluding diaryl/α,β-unsaturated/α-hetero) is 1. The number of carbonyl (C=O) groups excluding carboxylic acids is 2. The lowest BCUT2D eigenvalue weighted by Crippen LogP contribution is -2.47. The van der Waals surface area contributed by atoms with Gasteiger partial charge in [-0.3, -0.25) is 14.3 Å². The number of benzene rings is 1. The lowest BCUT2D eigenvalue weighted by molar-refractivity contribution is -0.138. The van der Waals surface area contributed by atoms with E-state index >= 15 is 0 Å². The van der Waals surface area contributed by atoms with Gasteiger partial charge in [0.25, 0.3) is 0 Å². The van der Waals surface area contributed by atoms with E-state index in [-0.39, 0.29) is 29.8 Å². The number of nitrogens with two attached hydrogens (primary N) is 1. The Morgan fingerprint density at radius 2 is 2.08 bits per heavy atom. The highest BCUT2D eigenvalue weighted by molar-refractivity contribution is 6.09. The van der Waals surface area contributed by atoms with Crippen LogP contribution in [0.1, 0.15) is 29.4 Å². The van der Waals surface area contributed by atoms with Gasteiger partial charge >= 0.3 is 0 Å². The maximum atomic E-state index is 12.7. The standard InChI is InChI=1S/C18H22N4O3/c1-13-12-25-8-7-21(13)17(24)9-16(23)18-15(19)10-20-22(18)11-14-5-3-2-4-6-14/h2-6,10,13H,7-9,11-12,19H2,1H3/t13-/m1/s1. The molecule has 0 saturated carbocycles. The summed E-state index contributed by atoms with van der Waals surface area (Å²) in [6.07, 6.45) is 1.24. The lowest BCUT2D eigenvalue weighted by Gasteiger charge is -2.33. The summed E-state index contributed by atoms with van der Waals surface area (Å²) in [4.78, 5) is 26.8. The third-order valence-corrected chi connectivity index (χ3v) is 4.31. The molecule has 2 aromatic rings. The summed E-state index contributed by atoms with van der Waals surface area (Å²) in [5.41, 5.74) is 7.52. The Hall–Kier alpha value is -2.67. The maximum absolute atomic E-state index is 12.7. The molecule has 7 nitrogen and oxygen atoms in total. The Balaban J connectivity index is 1.73. The molecule has 0 radical (unpaired) electrons. The average molecular weight is 342 g/mol. The summed E-state index contributed by atoms with van der Waals surface area (Å²) in [6, 6.07) is 9.65. The molecule has 1 aromatic carbocycles. The molecule has 1 saturated heterocycles. The number of hydrogen-bond acceptors (Lipinski definition) is 5. The molecule has 0 aliphatic carbocycles. The van der Waals surface area contributed by atoms with E-state index in [1.165, 1.54) is 6.20 Å². The number of ketones is 1. The first-order chi connectivity index (χ1) is 12.1. The van der Waals surface area contributed by atoms with Crippen LogP contribution in [0.3, 0.4) is 0 Å². The molecule has 0 bridgehead atoms. The number of aromatic nitrogens is 2. The van der Waals surface area contributed by atoms with E-state index < -0.39 is 0 Å². The normalized spacial score (nSPS) is 17.5. The van der Waals surface area contributed by atoms with E-state index in [0.717, 1.165) is 5.56 Å². The number of carbonyl (C=O) groups is 2. The van der Waals surface area contributed by atoms with Crippen LogP contribution in [0.15, 0.2) is 36.5 Å². The smallest absolute Gasteiger partial charge is 0.230 e. The first kappa shape index (κ1) is 17.2. The predicted octanol–water partition coefficient (Wildman–Crippen LogP) is 1.33. The summed E-state index contributed by atoms with van der Waals surface area (Å²) in [5.74, 6) is -0.512. The van der Waals surface area contributed by atoms with Crippen molar-refractivity contribution in [3.05, 3.63) is 47.8 Å². The van der Waals surface area contributed by atoms with Gasteiger partial charge in [-0.05, 0) is 12.5 Å². The molecule has 2 heterocycles. The van der Waals surface area contributed by atoms with Gasteiger partial charge in [0.2, 0.25) is 5.91 Å². The van der Waals surface area contributed by atoms with E-state index in [1.807, 2.05) is 37.3 Å². The van der Waals surface area contributed by atoms with Crippen LogP contribution >= 0.6 is 0 Å². The molecule has 1 atom stereocenters. The van der Waals surface area contributed by atoms with Crippen molar-refractivity contribution in [2.75, 3.05) is 25.5 Å². The van der Waals surface area contributed by atoms with Gasteiger partial charge in [-0.1, -0.05) is 30.3 Å². The zero-order valence-corrected chi connectivity index (χ0v) is 14.2. The second-order valence-electron chi connectivity index (χ2n) is 6.20. The van der Waals surface area contributed by atoms with Crippen LogP contribution in [-0.4, -0.2) is 52.2 Å². The molecule has 1 amide bonds. The Morgan fingerprint density at radius 3 is 2.80 bits per heavy atom. The highest BCUT2D eigenvalue weighted by atomic mass is 16.5. The third kappa shape index (κ3) is 3.88. The molecule has 1 aliphatic heterocycles. The van der Waals surface area contributed by atoms with E-state index in [0.29, 0.717) is 32.0 Å². The average Bonchev–Trinajstić information content (AvgIpc) is 2.96. The van der Waals surface area contributed by atoms with Crippen molar-refractivity contribution in [1.82, 2.24) is 14.7 Å². The topological polar surface area (TPSA) is 90.4 Å². The Kier molecular flexibility index (Phi) is 5.14. The first-order valence-corrected chi connectivity index (χ1v) is 8.32. The lowest BCUT2D eigenvalue weighted by atomic mass is 10.1. The van der Waals surface area contributed by atoms with Crippen LogP contribution in [0.4, 0.5) is 5.69 Å². The molecule has 132 valence electrons. The van der Waals surface area contributed by atoms with Gasteiger partial charge in [-0.25, -0.2) is 0 Å². The van der Waals surface area contributed by atoms with Crippen LogP contribution in [0.25, 0.3) is 0 Å². The number of amides is 1.